The summed E-state index contributed by atoms with van der Waals surface area (Å²) in [5.41, 5.74) is 0.134. The van der Waals surface area contributed by atoms with Crippen molar-refractivity contribution in [3.05, 3.63) is 40.8 Å². The molecule has 5 N–H and O–H groups in total. The van der Waals surface area contributed by atoms with Gasteiger partial charge in [-0.15, -0.1) is 0 Å². The lowest BCUT2D eigenvalue weighted by Crippen LogP contribution is -2.49. The highest BCUT2D eigenvalue weighted by Crippen LogP contribution is 2.19. The molecule has 0 aliphatic carbocycles. The number of benzene rings is 1. The molecule has 0 aliphatic heterocycles. The number of anilines is 1. The molecule has 1 heterocycles. The van der Waals surface area contributed by atoms with Crippen molar-refractivity contribution in [2.45, 2.75) is 24.4 Å². The lowest BCUT2D eigenvalue weighted by molar-refractivity contribution is -0.117. The fraction of sp³-hybridized carbons (Fsp3) is 0.333. The molecular formula is C15H17NO7. The first-order valence-electron chi connectivity index (χ1n) is 6.87. The largest absolute Gasteiger partial charge is 0.423 e. The highest BCUT2D eigenvalue weighted by molar-refractivity contribution is 5.81. The van der Waals surface area contributed by atoms with Crippen LogP contribution in [0.2, 0.25) is 0 Å². The second-order valence-corrected chi connectivity index (χ2v) is 5.04. The van der Waals surface area contributed by atoms with Gasteiger partial charge in [-0.05, 0) is 18.2 Å². The molecule has 8 nitrogen and oxygen atoms in total. The van der Waals surface area contributed by atoms with Crippen LogP contribution in [-0.2, 0) is 4.79 Å². The van der Waals surface area contributed by atoms with Crippen LogP contribution < -0.4 is 10.9 Å². The van der Waals surface area contributed by atoms with Gasteiger partial charge in [-0.1, -0.05) is 0 Å². The van der Waals surface area contributed by atoms with E-state index >= 15 is 0 Å². The van der Waals surface area contributed by atoms with Crippen molar-refractivity contribution >= 4 is 22.9 Å². The van der Waals surface area contributed by atoms with Crippen molar-refractivity contribution in [3.8, 4) is 0 Å². The lowest BCUT2D eigenvalue weighted by atomic mass is 10.0. The number of aliphatic hydroxyl groups is 4. The Morgan fingerprint density at radius 2 is 1.83 bits per heavy atom. The molecule has 0 saturated carbocycles. The minimum atomic E-state index is -1.71. The van der Waals surface area contributed by atoms with Gasteiger partial charge in [-0.2, -0.15) is 0 Å². The second-order valence-electron chi connectivity index (χ2n) is 5.04. The van der Waals surface area contributed by atoms with E-state index in [0.717, 1.165) is 0 Å². The first kappa shape index (κ1) is 17.1. The molecular weight excluding hydrogens is 306 g/mol. The fourth-order valence-electron chi connectivity index (χ4n) is 2.09. The number of aldehydes is 1. The van der Waals surface area contributed by atoms with E-state index in [-0.39, 0.29) is 5.58 Å². The molecule has 23 heavy (non-hydrogen) atoms. The normalized spacial score (nSPS) is 16.5. The summed E-state index contributed by atoms with van der Waals surface area (Å²) in [7, 11) is 0. The molecule has 0 radical (unpaired) electrons. The standard InChI is InChI=1S/C15H17NO7/c17-6-10(14(21)15(22)11(19)7-18)16-9-3-1-8-2-4-13(20)23-12(8)5-9/h1-6,10-11,14-16,18-19,21-22H,7H2/t10-,11+,14+,15+/m0/s1. The summed E-state index contributed by atoms with van der Waals surface area (Å²) in [6, 6.07) is 6.33. The smallest absolute Gasteiger partial charge is 0.336 e. The Morgan fingerprint density at radius 3 is 2.48 bits per heavy atom. The predicted molar refractivity (Wildman–Crippen MR) is 81.1 cm³/mol. The third kappa shape index (κ3) is 3.93. The van der Waals surface area contributed by atoms with Crippen LogP contribution >= 0.6 is 0 Å². The van der Waals surface area contributed by atoms with Gasteiger partial charge in [-0.3, -0.25) is 0 Å². The van der Waals surface area contributed by atoms with Crippen molar-refractivity contribution in [3.63, 3.8) is 0 Å². The van der Waals surface area contributed by atoms with Crippen molar-refractivity contribution in [2.75, 3.05) is 11.9 Å². The molecule has 0 amide bonds. The molecule has 124 valence electrons. The van der Waals surface area contributed by atoms with Crippen molar-refractivity contribution in [2.24, 2.45) is 0 Å². The molecule has 8 heteroatoms. The Labute approximate surface area is 130 Å². The fourth-order valence-corrected chi connectivity index (χ4v) is 2.09. The monoisotopic (exact) mass is 323 g/mol. The number of hydrogen-bond acceptors (Lipinski definition) is 8. The minimum Gasteiger partial charge on any atom is -0.423 e. The first-order valence-corrected chi connectivity index (χ1v) is 6.87. The molecule has 4 atom stereocenters. The topological polar surface area (TPSA) is 140 Å². The Kier molecular flexibility index (Phi) is 5.45. The van der Waals surface area contributed by atoms with E-state index in [0.29, 0.717) is 17.4 Å². The zero-order valence-corrected chi connectivity index (χ0v) is 12.0. The van der Waals surface area contributed by atoms with E-state index in [2.05, 4.69) is 5.32 Å². The minimum absolute atomic E-state index is 0.289. The van der Waals surface area contributed by atoms with Crippen LogP contribution in [0.1, 0.15) is 0 Å². The summed E-state index contributed by atoms with van der Waals surface area (Å²) < 4.78 is 5.01. The number of carbonyl (C=O) groups excluding carboxylic acids is 1. The summed E-state index contributed by atoms with van der Waals surface area (Å²) in [5.74, 6) is 0. The van der Waals surface area contributed by atoms with Crippen molar-refractivity contribution in [1.29, 1.82) is 0 Å². The molecule has 0 bridgehead atoms. The highest BCUT2D eigenvalue weighted by Gasteiger charge is 2.31. The van der Waals surface area contributed by atoms with Crippen LogP contribution in [0.4, 0.5) is 5.69 Å². The van der Waals surface area contributed by atoms with Crippen molar-refractivity contribution < 1.29 is 29.6 Å². The zero-order valence-electron chi connectivity index (χ0n) is 12.0. The SMILES string of the molecule is O=C[C@H](Nc1ccc2ccc(=O)oc2c1)[C@@H](O)[C@H](O)[C@H](O)CO. The molecule has 0 unspecified atom stereocenters. The number of rotatable bonds is 7. The van der Waals surface area contributed by atoms with E-state index in [9.17, 15) is 24.9 Å². The molecule has 0 fully saturated rings. The van der Waals surface area contributed by atoms with E-state index in [1.54, 1.807) is 18.2 Å². The number of aliphatic hydroxyl groups excluding tert-OH is 4. The Morgan fingerprint density at radius 1 is 1.13 bits per heavy atom. The van der Waals surface area contributed by atoms with Gasteiger partial charge in [0.1, 0.15) is 36.2 Å². The average Bonchev–Trinajstić information content (AvgIpc) is 2.57. The average molecular weight is 323 g/mol. The third-order valence-electron chi connectivity index (χ3n) is 3.40. The Bertz CT molecular complexity index is 729. The van der Waals surface area contributed by atoms with Gasteiger partial charge in [0.05, 0.1) is 6.61 Å². The summed E-state index contributed by atoms with van der Waals surface area (Å²) in [5, 5.41) is 41.0. The maximum atomic E-state index is 11.2. The summed E-state index contributed by atoms with van der Waals surface area (Å²) in [4.78, 5) is 22.3. The van der Waals surface area contributed by atoms with Crippen LogP contribution in [-0.4, -0.2) is 57.7 Å². The summed E-state index contributed by atoms with van der Waals surface area (Å²) in [6.45, 7) is -0.759. The van der Waals surface area contributed by atoms with Gasteiger partial charge in [0.25, 0.3) is 0 Å². The molecule has 2 aromatic rings. The molecule has 0 spiro atoms. The van der Waals surface area contributed by atoms with Crippen LogP contribution in [0, 0.1) is 0 Å². The Hall–Kier alpha value is -2.26. The summed E-state index contributed by atoms with van der Waals surface area (Å²) >= 11 is 0. The van der Waals surface area contributed by atoms with Gasteiger partial charge in [-0.25, -0.2) is 4.79 Å². The van der Waals surface area contributed by atoms with E-state index in [1.807, 2.05) is 0 Å². The third-order valence-corrected chi connectivity index (χ3v) is 3.40. The molecule has 2 rings (SSSR count). The molecule has 0 saturated heterocycles. The number of fused-ring (bicyclic) bond motifs is 1. The molecule has 0 aliphatic rings. The Balaban J connectivity index is 2.21. The van der Waals surface area contributed by atoms with Gasteiger partial charge >= 0.3 is 5.63 Å². The zero-order chi connectivity index (χ0) is 17.0. The lowest BCUT2D eigenvalue weighted by Gasteiger charge is -2.26. The highest BCUT2D eigenvalue weighted by atomic mass is 16.4. The van der Waals surface area contributed by atoms with Crippen molar-refractivity contribution in [1.82, 2.24) is 0 Å². The van der Waals surface area contributed by atoms with E-state index in [1.165, 1.54) is 12.1 Å². The van der Waals surface area contributed by atoms with Gasteiger partial charge in [0.2, 0.25) is 0 Å². The number of nitrogens with one attached hydrogen (secondary N) is 1. The number of carbonyl (C=O) groups is 1. The van der Waals surface area contributed by atoms with E-state index in [4.69, 9.17) is 9.52 Å². The van der Waals surface area contributed by atoms with Gasteiger partial charge in [0.15, 0.2) is 0 Å². The van der Waals surface area contributed by atoms with Crippen LogP contribution in [0.25, 0.3) is 11.0 Å². The van der Waals surface area contributed by atoms with E-state index < -0.39 is 36.6 Å². The molecule has 1 aromatic carbocycles. The first-order chi connectivity index (χ1) is 11.0. The quantitative estimate of drug-likeness (QED) is 0.318. The molecule has 1 aromatic heterocycles. The maximum Gasteiger partial charge on any atom is 0.336 e. The predicted octanol–water partition coefficient (Wildman–Crippen LogP) is -1.15. The van der Waals surface area contributed by atoms with Gasteiger partial charge < -0.3 is 35.0 Å². The van der Waals surface area contributed by atoms with Crippen LogP contribution in [0.3, 0.4) is 0 Å². The second kappa shape index (κ2) is 7.34. The van der Waals surface area contributed by atoms with Crippen LogP contribution in [0.15, 0.2) is 39.5 Å². The number of hydrogen-bond donors (Lipinski definition) is 5. The van der Waals surface area contributed by atoms with Crippen LogP contribution in [0.5, 0.6) is 0 Å². The maximum absolute atomic E-state index is 11.2. The van der Waals surface area contributed by atoms with Gasteiger partial charge in [0, 0.05) is 23.2 Å². The summed E-state index contributed by atoms with van der Waals surface area (Å²) in [6.07, 6.45) is -4.57.